The molecule has 0 radical (unpaired) electrons. The number of halogens is 2. The average molecular weight is 413 g/mol. The molecule has 0 atom stereocenters. The Morgan fingerprint density at radius 2 is 2.04 bits per heavy atom. The van der Waals surface area contributed by atoms with Crippen LogP contribution in [0.3, 0.4) is 0 Å². The van der Waals surface area contributed by atoms with Crippen LogP contribution in [0.25, 0.3) is 0 Å². The zero-order valence-corrected chi connectivity index (χ0v) is 14.5. The second-order valence-electron chi connectivity index (χ2n) is 4.51. The van der Waals surface area contributed by atoms with Gasteiger partial charge in [0.15, 0.2) is 6.61 Å². The van der Waals surface area contributed by atoms with Crippen molar-refractivity contribution < 1.29 is 14.5 Å². The van der Waals surface area contributed by atoms with E-state index in [4.69, 9.17) is 16.3 Å². The molecule has 0 saturated carbocycles. The van der Waals surface area contributed by atoms with Gasteiger partial charge in [-0.3, -0.25) is 14.9 Å². The van der Waals surface area contributed by atoms with Crippen molar-refractivity contribution in [1.29, 1.82) is 0 Å². The summed E-state index contributed by atoms with van der Waals surface area (Å²) in [5.41, 5.74) is 2.90. The molecular weight excluding hydrogens is 402 g/mol. The average Bonchev–Trinajstić information content (AvgIpc) is 2.54. The van der Waals surface area contributed by atoms with E-state index in [1.165, 1.54) is 30.5 Å². The van der Waals surface area contributed by atoms with Gasteiger partial charge in [0.25, 0.3) is 11.6 Å². The van der Waals surface area contributed by atoms with Crippen LogP contribution in [-0.4, -0.2) is 23.7 Å². The van der Waals surface area contributed by atoms with Gasteiger partial charge in [0, 0.05) is 17.2 Å². The lowest BCUT2D eigenvalue weighted by atomic mass is 10.2. The van der Waals surface area contributed by atoms with Crippen molar-refractivity contribution in [2.75, 3.05) is 6.61 Å². The molecule has 0 aliphatic carbocycles. The second-order valence-corrected chi connectivity index (χ2v) is 5.80. The Hall–Kier alpha value is -2.45. The zero-order chi connectivity index (χ0) is 17.5. The molecule has 24 heavy (non-hydrogen) atoms. The molecule has 0 saturated heterocycles. The fraction of sp³-hybridized carbons (Fsp3) is 0.0667. The van der Waals surface area contributed by atoms with Crippen LogP contribution in [0.4, 0.5) is 5.69 Å². The van der Waals surface area contributed by atoms with E-state index in [-0.39, 0.29) is 12.3 Å². The Morgan fingerprint density at radius 1 is 1.33 bits per heavy atom. The Kier molecular flexibility index (Phi) is 6.28. The molecule has 1 amide bonds. The summed E-state index contributed by atoms with van der Waals surface area (Å²) in [5.74, 6) is 0.0314. The van der Waals surface area contributed by atoms with Gasteiger partial charge in [-0.25, -0.2) is 5.43 Å². The number of ether oxygens (including phenoxy) is 1. The summed E-state index contributed by atoms with van der Waals surface area (Å²) in [6.45, 7) is -0.224. The molecule has 0 aliphatic rings. The normalized spacial score (nSPS) is 10.6. The van der Waals surface area contributed by atoms with E-state index in [1.807, 2.05) is 0 Å². The standard InChI is InChI=1S/C15H11BrClN3O4/c16-13-7-11(17)3-6-14(13)24-9-15(21)19-18-8-10-1-4-12(5-2-10)20(22)23/h1-8H,9H2,(H,19,21)/b18-8+. The third kappa shape index (κ3) is 5.32. The van der Waals surface area contributed by atoms with Crippen LogP contribution in [0.1, 0.15) is 5.56 Å². The maximum absolute atomic E-state index is 11.6. The molecule has 2 aromatic rings. The van der Waals surface area contributed by atoms with Crippen LogP contribution in [0.5, 0.6) is 5.75 Å². The van der Waals surface area contributed by atoms with Gasteiger partial charge < -0.3 is 4.74 Å². The van der Waals surface area contributed by atoms with Gasteiger partial charge in [-0.05, 0) is 51.8 Å². The Bertz CT molecular complexity index is 781. The molecule has 124 valence electrons. The maximum Gasteiger partial charge on any atom is 0.277 e. The van der Waals surface area contributed by atoms with Crippen molar-refractivity contribution in [1.82, 2.24) is 5.43 Å². The molecule has 0 aromatic heterocycles. The summed E-state index contributed by atoms with van der Waals surface area (Å²) in [6, 6.07) is 10.7. The van der Waals surface area contributed by atoms with Gasteiger partial charge in [0.05, 0.1) is 15.6 Å². The first-order valence-corrected chi connectivity index (χ1v) is 7.77. The molecule has 2 aromatic carbocycles. The van der Waals surface area contributed by atoms with Crippen LogP contribution >= 0.6 is 27.5 Å². The first kappa shape index (κ1) is 17.9. The number of nitrogens with one attached hydrogen (secondary N) is 1. The Morgan fingerprint density at radius 3 is 2.67 bits per heavy atom. The predicted molar refractivity (Wildman–Crippen MR) is 93.5 cm³/mol. The number of hydrogen-bond acceptors (Lipinski definition) is 5. The van der Waals surface area contributed by atoms with Crippen molar-refractivity contribution in [2.24, 2.45) is 5.10 Å². The summed E-state index contributed by atoms with van der Waals surface area (Å²) < 4.78 is 5.97. The number of nitro benzene ring substituents is 1. The molecule has 0 fully saturated rings. The van der Waals surface area contributed by atoms with Gasteiger partial charge in [-0.2, -0.15) is 5.10 Å². The quantitative estimate of drug-likeness (QED) is 0.446. The van der Waals surface area contributed by atoms with Gasteiger partial charge in [0.1, 0.15) is 5.75 Å². The molecule has 9 heteroatoms. The first-order valence-electron chi connectivity index (χ1n) is 6.60. The maximum atomic E-state index is 11.6. The Labute approximate surface area is 150 Å². The highest BCUT2D eigenvalue weighted by atomic mass is 79.9. The number of hydrazone groups is 1. The van der Waals surface area contributed by atoms with Crippen LogP contribution in [0, 0.1) is 10.1 Å². The molecule has 0 unspecified atom stereocenters. The van der Waals surface area contributed by atoms with E-state index < -0.39 is 10.8 Å². The van der Waals surface area contributed by atoms with Crippen molar-refractivity contribution in [3.63, 3.8) is 0 Å². The topological polar surface area (TPSA) is 93.8 Å². The van der Waals surface area contributed by atoms with Crippen LogP contribution in [0.2, 0.25) is 5.02 Å². The first-order chi connectivity index (χ1) is 11.5. The third-order valence-electron chi connectivity index (χ3n) is 2.76. The van der Waals surface area contributed by atoms with Crippen LogP contribution in [0.15, 0.2) is 52.0 Å². The second kappa shape index (κ2) is 8.42. The summed E-state index contributed by atoms with van der Waals surface area (Å²) in [7, 11) is 0. The summed E-state index contributed by atoms with van der Waals surface area (Å²) >= 11 is 9.09. The van der Waals surface area contributed by atoms with Crippen molar-refractivity contribution in [3.05, 3.63) is 67.6 Å². The van der Waals surface area contributed by atoms with Crippen LogP contribution < -0.4 is 10.2 Å². The SMILES string of the molecule is O=C(COc1ccc(Cl)cc1Br)N/N=C/c1ccc([N+](=O)[O-])cc1. The fourth-order valence-electron chi connectivity index (χ4n) is 1.63. The van der Waals surface area contributed by atoms with Gasteiger partial charge in [-0.1, -0.05) is 11.6 Å². The number of non-ortho nitro benzene ring substituents is 1. The van der Waals surface area contributed by atoms with Crippen molar-refractivity contribution in [3.8, 4) is 5.75 Å². The van der Waals surface area contributed by atoms with Gasteiger partial charge in [-0.15, -0.1) is 0 Å². The van der Waals surface area contributed by atoms with E-state index in [2.05, 4.69) is 26.5 Å². The van der Waals surface area contributed by atoms with E-state index in [0.29, 0.717) is 20.8 Å². The minimum Gasteiger partial charge on any atom is -0.483 e. The molecular formula is C15H11BrClN3O4. The van der Waals surface area contributed by atoms with E-state index >= 15 is 0 Å². The highest BCUT2D eigenvalue weighted by molar-refractivity contribution is 9.10. The lowest BCUT2D eigenvalue weighted by molar-refractivity contribution is -0.384. The highest BCUT2D eigenvalue weighted by Gasteiger charge is 2.06. The van der Waals surface area contributed by atoms with Crippen molar-refractivity contribution >= 4 is 45.3 Å². The van der Waals surface area contributed by atoms with Gasteiger partial charge >= 0.3 is 0 Å². The molecule has 7 nitrogen and oxygen atoms in total. The summed E-state index contributed by atoms with van der Waals surface area (Å²) in [5, 5.41) is 14.8. The summed E-state index contributed by atoms with van der Waals surface area (Å²) in [6.07, 6.45) is 1.37. The molecule has 2 rings (SSSR count). The molecule has 1 N–H and O–H groups in total. The summed E-state index contributed by atoms with van der Waals surface area (Å²) in [4.78, 5) is 21.7. The molecule has 0 heterocycles. The monoisotopic (exact) mass is 411 g/mol. The molecule has 0 aliphatic heterocycles. The highest BCUT2D eigenvalue weighted by Crippen LogP contribution is 2.27. The number of carbonyl (C=O) groups excluding carboxylic acids is 1. The van der Waals surface area contributed by atoms with E-state index in [9.17, 15) is 14.9 Å². The number of amides is 1. The largest absolute Gasteiger partial charge is 0.483 e. The van der Waals surface area contributed by atoms with E-state index in [0.717, 1.165) is 0 Å². The lowest BCUT2D eigenvalue weighted by Gasteiger charge is -2.07. The number of benzene rings is 2. The third-order valence-corrected chi connectivity index (χ3v) is 3.61. The fourth-order valence-corrected chi connectivity index (χ4v) is 2.43. The molecule has 0 spiro atoms. The number of hydrogen-bond donors (Lipinski definition) is 1. The van der Waals surface area contributed by atoms with Crippen molar-refractivity contribution in [2.45, 2.75) is 0 Å². The number of nitrogens with zero attached hydrogens (tertiary/aromatic N) is 2. The minimum absolute atomic E-state index is 0.0156. The van der Waals surface area contributed by atoms with Crippen LogP contribution in [-0.2, 0) is 4.79 Å². The smallest absolute Gasteiger partial charge is 0.277 e. The minimum atomic E-state index is -0.491. The number of nitro groups is 1. The number of carbonyl (C=O) groups is 1. The van der Waals surface area contributed by atoms with Gasteiger partial charge in [0.2, 0.25) is 0 Å². The Balaban J connectivity index is 1.83. The zero-order valence-electron chi connectivity index (χ0n) is 12.1. The van der Waals surface area contributed by atoms with E-state index in [1.54, 1.807) is 18.2 Å². The lowest BCUT2D eigenvalue weighted by Crippen LogP contribution is -2.24. The predicted octanol–water partition coefficient (Wildman–Crippen LogP) is 3.54. The number of rotatable bonds is 6. The molecule has 0 bridgehead atoms.